The van der Waals surface area contributed by atoms with Crippen LogP contribution in [-0.2, 0) is 13.0 Å². The van der Waals surface area contributed by atoms with Gasteiger partial charge in [-0.15, -0.1) is 0 Å². The maximum Gasteiger partial charge on any atom is 0.115 e. The summed E-state index contributed by atoms with van der Waals surface area (Å²) in [6.45, 7) is 1.80. The molecule has 106 valence electrons. The maximum atomic E-state index is 9.26. The van der Waals surface area contributed by atoms with Crippen molar-refractivity contribution in [3.05, 3.63) is 77.9 Å². The highest BCUT2D eigenvalue weighted by atomic mass is 16.3. The second kappa shape index (κ2) is 6.42. The Hall–Kier alpha value is -2.32. The Kier molecular flexibility index (Phi) is 4.17. The van der Waals surface area contributed by atoms with Gasteiger partial charge in [0.15, 0.2) is 0 Å². The highest BCUT2D eigenvalue weighted by molar-refractivity contribution is 5.85. The van der Waals surface area contributed by atoms with Gasteiger partial charge in [0.1, 0.15) is 5.75 Å². The van der Waals surface area contributed by atoms with E-state index in [-0.39, 0.29) is 0 Å². The van der Waals surface area contributed by atoms with Crippen molar-refractivity contribution in [3.63, 3.8) is 0 Å². The van der Waals surface area contributed by atoms with Gasteiger partial charge >= 0.3 is 0 Å². The van der Waals surface area contributed by atoms with Crippen LogP contribution < -0.4 is 5.32 Å². The Morgan fingerprint density at radius 3 is 2.43 bits per heavy atom. The van der Waals surface area contributed by atoms with Crippen LogP contribution in [-0.4, -0.2) is 11.7 Å². The van der Waals surface area contributed by atoms with E-state index in [1.807, 2.05) is 12.1 Å². The van der Waals surface area contributed by atoms with Gasteiger partial charge in [0.25, 0.3) is 0 Å². The highest BCUT2D eigenvalue weighted by Crippen LogP contribution is 2.18. The molecule has 0 aliphatic heterocycles. The van der Waals surface area contributed by atoms with Crippen LogP contribution in [0.1, 0.15) is 11.1 Å². The molecule has 2 N–H and O–H groups in total. The second-order valence-corrected chi connectivity index (χ2v) is 5.23. The van der Waals surface area contributed by atoms with Crippen molar-refractivity contribution in [2.45, 2.75) is 13.0 Å². The number of hydrogen-bond donors (Lipinski definition) is 2. The van der Waals surface area contributed by atoms with Gasteiger partial charge in [0, 0.05) is 6.54 Å². The van der Waals surface area contributed by atoms with Crippen LogP contribution in [0.3, 0.4) is 0 Å². The van der Waals surface area contributed by atoms with Gasteiger partial charge in [0.2, 0.25) is 0 Å². The lowest BCUT2D eigenvalue weighted by molar-refractivity contribution is 0.475. The van der Waals surface area contributed by atoms with Crippen LogP contribution in [0.2, 0.25) is 0 Å². The van der Waals surface area contributed by atoms with Gasteiger partial charge in [-0.05, 0) is 47.0 Å². The maximum absolute atomic E-state index is 9.26. The van der Waals surface area contributed by atoms with E-state index >= 15 is 0 Å². The average molecular weight is 277 g/mol. The molecule has 0 amide bonds. The Morgan fingerprint density at radius 2 is 1.57 bits per heavy atom. The SMILES string of the molecule is Oc1ccc(CCNCc2cccc3ccccc23)cc1. The highest BCUT2D eigenvalue weighted by Gasteiger charge is 2.00. The van der Waals surface area contributed by atoms with Crippen molar-refractivity contribution in [3.8, 4) is 5.75 Å². The summed E-state index contributed by atoms with van der Waals surface area (Å²) in [5.74, 6) is 0.322. The molecule has 2 heteroatoms. The number of aromatic hydroxyl groups is 1. The van der Waals surface area contributed by atoms with Crippen molar-refractivity contribution in [1.29, 1.82) is 0 Å². The molecule has 2 nitrogen and oxygen atoms in total. The van der Waals surface area contributed by atoms with Crippen molar-refractivity contribution in [2.24, 2.45) is 0 Å². The van der Waals surface area contributed by atoms with Gasteiger partial charge in [-0.3, -0.25) is 0 Å². The first-order valence-electron chi connectivity index (χ1n) is 7.28. The third-order valence-corrected chi connectivity index (χ3v) is 3.72. The van der Waals surface area contributed by atoms with Gasteiger partial charge in [0.05, 0.1) is 0 Å². The molecule has 0 radical (unpaired) electrons. The van der Waals surface area contributed by atoms with Gasteiger partial charge in [-0.1, -0.05) is 54.6 Å². The molecular weight excluding hydrogens is 258 g/mol. The monoisotopic (exact) mass is 277 g/mol. The topological polar surface area (TPSA) is 32.3 Å². The fourth-order valence-corrected chi connectivity index (χ4v) is 2.57. The predicted octanol–water partition coefficient (Wildman–Crippen LogP) is 3.88. The lowest BCUT2D eigenvalue weighted by Gasteiger charge is -2.08. The summed E-state index contributed by atoms with van der Waals surface area (Å²) in [6, 6.07) is 22.3. The zero-order valence-electron chi connectivity index (χ0n) is 11.9. The standard InChI is InChI=1S/C19H19NO/c21-18-10-8-15(9-11-18)12-13-20-14-17-6-3-5-16-4-1-2-7-19(16)17/h1-11,20-21H,12-14H2. The van der Waals surface area contributed by atoms with E-state index in [4.69, 9.17) is 0 Å². The lowest BCUT2D eigenvalue weighted by Crippen LogP contribution is -2.16. The number of rotatable bonds is 5. The number of fused-ring (bicyclic) bond motifs is 1. The summed E-state index contributed by atoms with van der Waals surface area (Å²) < 4.78 is 0. The first kappa shape index (κ1) is 13.7. The van der Waals surface area contributed by atoms with E-state index in [1.54, 1.807) is 12.1 Å². The quantitative estimate of drug-likeness (QED) is 0.694. The second-order valence-electron chi connectivity index (χ2n) is 5.23. The molecule has 0 saturated heterocycles. The first-order chi connectivity index (χ1) is 10.3. The summed E-state index contributed by atoms with van der Waals surface area (Å²) in [5.41, 5.74) is 2.57. The fourth-order valence-electron chi connectivity index (χ4n) is 2.57. The van der Waals surface area contributed by atoms with Crippen LogP contribution in [0.15, 0.2) is 66.7 Å². The van der Waals surface area contributed by atoms with E-state index in [2.05, 4.69) is 47.8 Å². The van der Waals surface area contributed by atoms with Gasteiger partial charge in [-0.25, -0.2) is 0 Å². The van der Waals surface area contributed by atoms with E-state index in [1.165, 1.54) is 21.9 Å². The molecular formula is C19H19NO. The number of phenols is 1. The minimum Gasteiger partial charge on any atom is -0.508 e. The van der Waals surface area contributed by atoms with Crippen molar-refractivity contribution in [1.82, 2.24) is 5.32 Å². The van der Waals surface area contributed by atoms with Crippen molar-refractivity contribution >= 4 is 10.8 Å². The Bertz CT molecular complexity index is 714. The van der Waals surface area contributed by atoms with Crippen LogP contribution in [0, 0.1) is 0 Å². The van der Waals surface area contributed by atoms with E-state index in [9.17, 15) is 5.11 Å². The minimum atomic E-state index is 0.322. The van der Waals surface area contributed by atoms with Crippen LogP contribution in [0.4, 0.5) is 0 Å². The smallest absolute Gasteiger partial charge is 0.115 e. The van der Waals surface area contributed by atoms with Crippen molar-refractivity contribution < 1.29 is 5.11 Å². The number of hydrogen-bond acceptors (Lipinski definition) is 2. The summed E-state index contributed by atoms with van der Waals surface area (Å²) in [5, 5.41) is 15.4. The predicted molar refractivity (Wildman–Crippen MR) is 87.5 cm³/mol. The summed E-state index contributed by atoms with van der Waals surface area (Å²) in [6.07, 6.45) is 0.963. The van der Waals surface area contributed by atoms with E-state index in [0.717, 1.165) is 19.5 Å². The van der Waals surface area contributed by atoms with Gasteiger partial charge < -0.3 is 10.4 Å². The van der Waals surface area contributed by atoms with Crippen molar-refractivity contribution in [2.75, 3.05) is 6.54 Å². The summed E-state index contributed by atoms with van der Waals surface area (Å²) in [4.78, 5) is 0. The molecule has 0 aromatic heterocycles. The zero-order chi connectivity index (χ0) is 14.5. The fraction of sp³-hybridized carbons (Fsp3) is 0.158. The molecule has 3 aromatic rings. The molecule has 0 heterocycles. The molecule has 3 aromatic carbocycles. The summed E-state index contributed by atoms with van der Waals surface area (Å²) in [7, 11) is 0. The van der Waals surface area contributed by atoms with E-state index in [0.29, 0.717) is 5.75 Å². The zero-order valence-corrected chi connectivity index (χ0v) is 11.9. The molecule has 0 bridgehead atoms. The molecule has 0 unspecified atom stereocenters. The summed E-state index contributed by atoms with van der Waals surface area (Å²) >= 11 is 0. The van der Waals surface area contributed by atoms with E-state index < -0.39 is 0 Å². The Balaban J connectivity index is 1.58. The lowest BCUT2D eigenvalue weighted by atomic mass is 10.0. The molecule has 0 aliphatic carbocycles. The normalized spacial score (nSPS) is 10.9. The molecule has 0 fully saturated rings. The third kappa shape index (κ3) is 3.41. The van der Waals surface area contributed by atoms with Gasteiger partial charge in [-0.2, -0.15) is 0 Å². The van der Waals surface area contributed by atoms with Crippen LogP contribution in [0.5, 0.6) is 5.75 Å². The molecule has 0 spiro atoms. The van der Waals surface area contributed by atoms with Crippen LogP contribution >= 0.6 is 0 Å². The Morgan fingerprint density at radius 1 is 0.810 bits per heavy atom. The third-order valence-electron chi connectivity index (χ3n) is 3.72. The van der Waals surface area contributed by atoms with Crippen LogP contribution in [0.25, 0.3) is 10.8 Å². The number of benzene rings is 3. The molecule has 0 aliphatic rings. The molecule has 3 rings (SSSR count). The number of phenolic OH excluding ortho intramolecular Hbond substituents is 1. The largest absolute Gasteiger partial charge is 0.508 e. The molecule has 0 saturated carbocycles. The Labute approximate surface area is 125 Å². The molecule has 21 heavy (non-hydrogen) atoms. The average Bonchev–Trinajstić information content (AvgIpc) is 2.53. The first-order valence-corrected chi connectivity index (χ1v) is 7.28. The minimum absolute atomic E-state index is 0.322. The number of nitrogens with one attached hydrogen (secondary N) is 1. The molecule has 0 atom stereocenters.